The lowest BCUT2D eigenvalue weighted by Crippen LogP contribution is -2.34. The zero-order valence-corrected chi connectivity index (χ0v) is 14.1. The number of nitrogens with one attached hydrogen (secondary N) is 2. The Morgan fingerprint density at radius 1 is 1.12 bits per heavy atom. The van der Waals surface area contributed by atoms with Crippen LogP contribution in [-0.4, -0.2) is 29.2 Å². The van der Waals surface area contributed by atoms with Crippen LogP contribution in [0, 0.1) is 0 Å². The van der Waals surface area contributed by atoms with Crippen molar-refractivity contribution in [2.24, 2.45) is 0 Å². The van der Waals surface area contributed by atoms with Gasteiger partial charge in [0.15, 0.2) is 5.11 Å². The summed E-state index contributed by atoms with van der Waals surface area (Å²) >= 11 is 11.0. The van der Waals surface area contributed by atoms with Gasteiger partial charge >= 0.3 is 5.97 Å². The maximum atomic E-state index is 12.1. The third kappa shape index (κ3) is 4.43. The van der Waals surface area contributed by atoms with Crippen LogP contribution >= 0.6 is 23.8 Å². The SMILES string of the molecule is COc1ccc(C(=O)NC(=S)Nc2cc(C(=O)O)ccc2Cl)cc1. The van der Waals surface area contributed by atoms with Gasteiger partial charge in [-0.25, -0.2) is 4.79 Å². The second-order valence-corrected chi connectivity index (χ2v) is 5.45. The highest BCUT2D eigenvalue weighted by molar-refractivity contribution is 7.80. The molecule has 0 unspecified atom stereocenters. The Morgan fingerprint density at radius 3 is 2.33 bits per heavy atom. The van der Waals surface area contributed by atoms with E-state index in [2.05, 4.69) is 10.6 Å². The molecule has 8 heteroatoms. The summed E-state index contributed by atoms with van der Waals surface area (Å²) in [5.41, 5.74) is 0.730. The quantitative estimate of drug-likeness (QED) is 0.722. The fourth-order valence-corrected chi connectivity index (χ4v) is 2.19. The fourth-order valence-electron chi connectivity index (χ4n) is 1.83. The van der Waals surface area contributed by atoms with E-state index in [4.69, 9.17) is 33.7 Å². The number of aromatic carboxylic acids is 1. The molecule has 0 saturated heterocycles. The smallest absolute Gasteiger partial charge is 0.335 e. The number of carboxylic acid groups (broad SMARTS) is 1. The van der Waals surface area contributed by atoms with E-state index in [0.29, 0.717) is 11.3 Å². The van der Waals surface area contributed by atoms with Crippen LogP contribution in [0.1, 0.15) is 20.7 Å². The summed E-state index contributed by atoms with van der Waals surface area (Å²) in [6, 6.07) is 10.6. The van der Waals surface area contributed by atoms with Crippen LogP contribution in [0.5, 0.6) is 5.75 Å². The number of carbonyl (C=O) groups excluding carboxylic acids is 1. The maximum Gasteiger partial charge on any atom is 0.335 e. The molecule has 24 heavy (non-hydrogen) atoms. The van der Waals surface area contributed by atoms with E-state index in [1.54, 1.807) is 24.3 Å². The van der Waals surface area contributed by atoms with Gasteiger partial charge in [0, 0.05) is 5.56 Å². The minimum absolute atomic E-state index is 0.000238. The number of ether oxygens (including phenoxy) is 1. The van der Waals surface area contributed by atoms with Crippen LogP contribution in [0.2, 0.25) is 5.02 Å². The maximum absolute atomic E-state index is 12.1. The number of hydrogen-bond acceptors (Lipinski definition) is 4. The average molecular weight is 365 g/mol. The van der Waals surface area contributed by atoms with Crippen LogP contribution in [0.15, 0.2) is 42.5 Å². The summed E-state index contributed by atoms with van der Waals surface area (Å²) in [6.07, 6.45) is 0. The highest BCUT2D eigenvalue weighted by atomic mass is 35.5. The van der Waals surface area contributed by atoms with E-state index in [1.807, 2.05) is 0 Å². The molecule has 0 aromatic heterocycles. The molecular formula is C16H13ClN2O4S. The number of thiocarbonyl (C=S) groups is 1. The van der Waals surface area contributed by atoms with Crippen molar-refractivity contribution in [2.75, 3.05) is 12.4 Å². The monoisotopic (exact) mass is 364 g/mol. The van der Waals surface area contributed by atoms with Crippen LogP contribution < -0.4 is 15.4 Å². The van der Waals surface area contributed by atoms with Crippen molar-refractivity contribution in [2.45, 2.75) is 0 Å². The molecule has 6 nitrogen and oxygen atoms in total. The molecule has 2 aromatic carbocycles. The van der Waals surface area contributed by atoms with Crippen molar-refractivity contribution in [1.29, 1.82) is 0 Å². The lowest BCUT2D eigenvalue weighted by atomic mass is 10.2. The van der Waals surface area contributed by atoms with E-state index >= 15 is 0 Å². The third-order valence-electron chi connectivity index (χ3n) is 3.04. The zero-order chi connectivity index (χ0) is 17.7. The van der Waals surface area contributed by atoms with Crippen molar-refractivity contribution < 1.29 is 19.4 Å². The third-order valence-corrected chi connectivity index (χ3v) is 3.57. The Balaban J connectivity index is 2.06. The lowest BCUT2D eigenvalue weighted by molar-refractivity contribution is 0.0696. The Labute approximate surface area is 148 Å². The van der Waals surface area contributed by atoms with Gasteiger partial charge in [0.05, 0.1) is 23.4 Å². The molecule has 0 aliphatic rings. The first-order valence-corrected chi connectivity index (χ1v) is 7.48. The van der Waals surface area contributed by atoms with Crippen LogP contribution in [-0.2, 0) is 0 Å². The molecule has 0 aliphatic heterocycles. The molecule has 1 amide bonds. The van der Waals surface area contributed by atoms with Crippen LogP contribution in [0.4, 0.5) is 5.69 Å². The van der Waals surface area contributed by atoms with E-state index in [0.717, 1.165) is 0 Å². The number of amides is 1. The topological polar surface area (TPSA) is 87.7 Å². The number of halogens is 1. The fraction of sp³-hybridized carbons (Fsp3) is 0.0625. The normalized spacial score (nSPS) is 9.92. The second-order valence-electron chi connectivity index (χ2n) is 4.64. The second kappa shape index (κ2) is 7.76. The van der Waals surface area contributed by atoms with Gasteiger partial charge in [0.1, 0.15) is 5.75 Å². The van der Waals surface area contributed by atoms with Gasteiger partial charge in [-0.05, 0) is 54.7 Å². The predicted molar refractivity (Wildman–Crippen MR) is 95.1 cm³/mol. The Hall–Kier alpha value is -2.64. The molecular weight excluding hydrogens is 352 g/mol. The molecule has 0 spiro atoms. The van der Waals surface area contributed by atoms with E-state index < -0.39 is 11.9 Å². The van der Waals surface area contributed by atoms with E-state index in [9.17, 15) is 9.59 Å². The molecule has 0 radical (unpaired) electrons. The van der Waals surface area contributed by atoms with E-state index in [-0.39, 0.29) is 21.4 Å². The van der Waals surface area contributed by atoms with E-state index in [1.165, 1.54) is 25.3 Å². The zero-order valence-electron chi connectivity index (χ0n) is 12.5. The van der Waals surface area contributed by atoms with Crippen molar-refractivity contribution in [3.8, 4) is 5.75 Å². The van der Waals surface area contributed by atoms with Crippen LogP contribution in [0.25, 0.3) is 0 Å². The van der Waals surface area contributed by atoms with Gasteiger partial charge in [0.2, 0.25) is 0 Å². The summed E-state index contributed by atoms with van der Waals surface area (Å²) in [6.45, 7) is 0. The summed E-state index contributed by atoms with van der Waals surface area (Å²) in [5, 5.41) is 14.5. The standard InChI is InChI=1S/C16H13ClN2O4S/c1-23-11-5-2-9(3-6-11)14(20)19-16(24)18-13-8-10(15(21)22)4-7-12(13)17/h2-8H,1H3,(H,21,22)(H2,18,19,20,24). The molecule has 2 rings (SSSR count). The van der Waals surface area contributed by atoms with Crippen molar-refractivity contribution in [1.82, 2.24) is 5.32 Å². The predicted octanol–water partition coefficient (Wildman–Crippen LogP) is 3.17. The first-order chi connectivity index (χ1) is 11.4. The average Bonchev–Trinajstić information content (AvgIpc) is 2.56. The lowest BCUT2D eigenvalue weighted by Gasteiger charge is -2.11. The molecule has 0 aliphatic carbocycles. The van der Waals surface area contributed by atoms with Crippen molar-refractivity contribution in [3.05, 3.63) is 58.6 Å². The summed E-state index contributed by atoms with van der Waals surface area (Å²) in [5.74, 6) is -0.881. The van der Waals surface area contributed by atoms with Gasteiger partial charge in [-0.2, -0.15) is 0 Å². The molecule has 3 N–H and O–H groups in total. The molecule has 0 heterocycles. The summed E-state index contributed by atoms with van der Waals surface area (Å²) in [7, 11) is 1.53. The molecule has 0 fully saturated rings. The first-order valence-electron chi connectivity index (χ1n) is 6.70. The number of anilines is 1. The van der Waals surface area contributed by atoms with Gasteiger partial charge in [-0.3, -0.25) is 10.1 Å². The van der Waals surface area contributed by atoms with Gasteiger partial charge in [-0.15, -0.1) is 0 Å². The highest BCUT2D eigenvalue weighted by Crippen LogP contribution is 2.23. The number of methoxy groups -OCH3 is 1. The molecule has 0 saturated carbocycles. The number of carboxylic acids is 1. The molecule has 124 valence electrons. The minimum Gasteiger partial charge on any atom is -0.497 e. The van der Waals surface area contributed by atoms with Crippen molar-refractivity contribution in [3.63, 3.8) is 0 Å². The number of benzene rings is 2. The minimum atomic E-state index is -1.09. The molecule has 0 bridgehead atoms. The Kier molecular flexibility index (Phi) is 5.73. The number of rotatable bonds is 4. The molecule has 0 atom stereocenters. The number of hydrogen-bond donors (Lipinski definition) is 3. The summed E-state index contributed by atoms with van der Waals surface area (Å²) < 4.78 is 5.02. The highest BCUT2D eigenvalue weighted by Gasteiger charge is 2.11. The largest absolute Gasteiger partial charge is 0.497 e. The summed E-state index contributed by atoms with van der Waals surface area (Å²) in [4.78, 5) is 23.1. The Bertz CT molecular complexity index is 793. The molecule has 2 aromatic rings. The van der Waals surface area contributed by atoms with Gasteiger partial charge < -0.3 is 15.2 Å². The van der Waals surface area contributed by atoms with Gasteiger partial charge in [0.25, 0.3) is 5.91 Å². The first kappa shape index (κ1) is 17.7. The Morgan fingerprint density at radius 2 is 1.75 bits per heavy atom. The van der Waals surface area contributed by atoms with Gasteiger partial charge in [-0.1, -0.05) is 11.6 Å². The number of carbonyl (C=O) groups is 2. The van der Waals surface area contributed by atoms with Crippen LogP contribution in [0.3, 0.4) is 0 Å². The van der Waals surface area contributed by atoms with Crippen molar-refractivity contribution >= 4 is 46.5 Å².